The van der Waals surface area contributed by atoms with E-state index in [1.54, 1.807) is 12.1 Å². The van der Waals surface area contributed by atoms with Gasteiger partial charge in [0.15, 0.2) is 5.76 Å². The molecule has 0 fully saturated rings. The van der Waals surface area contributed by atoms with Crippen LogP contribution in [0, 0.1) is 0 Å². The second-order valence-electron chi connectivity index (χ2n) is 5.15. The smallest absolute Gasteiger partial charge is 0.306 e. The SMILES string of the molecule is COCc1cc(=O)c(O)c([C@@H](CC(=O)OC)c2ccc(O)cc2)o1. The van der Waals surface area contributed by atoms with Gasteiger partial charge >= 0.3 is 5.97 Å². The molecule has 1 heterocycles. The summed E-state index contributed by atoms with van der Waals surface area (Å²) in [5.41, 5.74) is -0.0526. The maximum absolute atomic E-state index is 12.0. The van der Waals surface area contributed by atoms with Crippen molar-refractivity contribution >= 4 is 5.97 Å². The number of esters is 1. The minimum absolute atomic E-state index is 0.0447. The molecule has 7 nitrogen and oxygen atoms in total. The summed E-state index contributed by atoms with van der Waals surface area (Å²) in [6, 6.07) is 7.16. The molecule has 0 amide bonds. The lowest BCUT2D eigenvalue weighted by Gasteiger charge is -2.17. The maximum Gasteiger partial charge on any atom is 0.306 e. The Morgan fingerprint density at radius 1 is 1.21 bits per heavy atom. The number of phenols is 1. The van der Waals surface area contributed by atoms with Crippen LogP contribution in [0.1, 0.15) is 29.4 Å². The molecule has 2 aromatic rings. The number of ether oxygens (including phenoxy) is 2. The highest BCUT2D eigenvalue weighted by atomic mass is 16.5. The second kappa shape index (κ2) is 7.65. The van der Waals surface area contributed by atoms with Crippen LogP contribution in [0.3, 0.4) is 0 Å². The van der Waals surface area contributed by atoms with Crippen molar-refractivity contribution in [3.05, 3.63) is 57.6 Å². The fraction of sp³-hybridized carbons (Fsp3) is 0.294. The Bertz CT molecular complexity index is 761. The van der Waals surface area contributed by atoms with E-state index < -0.39 is 23.1 Å². The lowest BCUT2D eigenvalue weighted by atomic mass is 9.92. The summed E-state index contributed by atoms with van der Waals surface area (Å²) in [7, 11) is 2.69. The average Bonchev–Trinajstić information content (AvgIpc) is 2.57. The number of hydrogen-bond acceptors (Lipinski definition) is 7. The van der Waals surface area contributed by atoms with Gasteiger partial charge in [-0.05, 0) is 17.7 Å². The van der Waals surface area contributed by atoms with Gasteiger partial charge in [-0.25, -0.2) is 0 Å². The first-order chi connectivity index (χ1) is 11.5. The number of phenolic OH excluding ortho intramolecular Hbond substituents is 1. The van der Waals surface area contributed by atoms with Crippen molar-refractivity contribution in [2.45, 2.75) is 18.9 Å². The van der Waals surface area contributed by atoms with Crippen molar-refractivity contribution in [1.82, 2.24) is 0 Å². The highest BCUT2D eigenvalue weighted by Crippen LogP contribution is 2.34. The van der Waals surface area contributed by atoms with E-state index in [0.717, 1.165) is 6.07 Å². The fourth-order valence-electron chi connectivity index (χ4n) is 2.32. The first kappa shape index (κ1) is 17.6. The molecule has 0 unspecified atom stereocenters. The highest BCUT2D eigenvalue weighted by molar-refractivity contribution is 5.71. The molecule has 1 aromatic heterocycles. The summed E-state index contributed by atoms with van der Waals surface area (Å²) >= 11 is 0. The standard InChI is InChI=1S/C17H18O7/c1-22-9-12-7-14(19)16(21)17(24-12)13(8-15(20)23-2)10-3-5-11(18)6-4-10/h3-7,13,18,21H,8-9H2,1-2H3/t13-/m0/s1. The first-order valence-corrected chi connectivity index (χ1v) is 7.16. The van der Waals surface area contributed by atoms with E-state index in [-0.39, 0.29) is 30.3 Å². The van der Waals surface area contributed by atoms with Gasteiger partial charge in [-0.15, -0.1) is 0 Å². The molecule has 0 bridgehead atoms. The van der Waals surface area contributed by atoms with Crippen LogP contribution in [0.15, 0.2) is 39.5 Å². The summed E-state index contributed by atoms with van der Waals surface area (Å²) in [5.74, 6) is -1.63. The van der Waals surface area contributed by atoms with Gasteiger partial charge in [0.1, 0.15) is 18.1 Å². The number of hydrogen-bond donors (Lipinski definition) is 2. The summed E-state index contributed by atoms with van der Waals surface area (Å²) in [4.78, 5) is 23.7. The lowest BCUT2D eigenvalue weighted by molar-refractivity contribution is -0.140. The highest BCUT2D eigenvalue weighted by Gasteiger charge is 2.26. The summed E-state index contributed by atoms with van der Waals surface area (Å²) in [6.45, 7) is 0.0447. The molecule has 0 aliphatic rings. The number of carbonyl (C=O) groups is 1. The molecule has 0 saturated carbocycles. The number of methoxy groups -OCH3 is 2. The van der Waals surface area contributed by atoms with Gasteiger partial charge < -0.3 is 24.1 Å². The molecule has 7 heteroatoms. The lowest BCUT2D eigenvalue weighted by Crippen LogP contribution is -2.14. The Labute approximate surface area is 138 Å². The minimum Gasteiger partial charge on any atom is -0.508 e. The molecule has 0 spiro atoms. The van der Waals surface area contributed by atoms with Crippen molar-refractivity contribution in [3.8, 4) is 11.5 Å². The van der Waals surface area contributed by atoms with E-state index in [9.17, 15) is 19.8 Å². The molecular formula is C17H18O7. The van der Waals surface area contributed by atoms with E-state index in [1.807, 2.05) is 0 Å². The van der Waals surface area contributed by atoms with Crippen molar-refractivity contribution in [2.24, 2.45) is 0 Å². The summed E-state index contributed by atoms with van der Waals surface area (Å²) < 4.78 is 15.2. The number of benzene rings is 1. The van der Waals surface area contributed by atoms with Gasteiger partial charge in [-0.3, -0.25) is 9.59 Å². The van der Waals surface area contributed by atoms with Crippen molar-refractivity contribution < 1.29 is 28.9 Å². The van der Waals surface area contributed by atoms with Crippen molar-refractivity contribution in [3.63, 3.8) is 0 Å². The third-order valence-corrected chi connectivity index (χ3v) is 3.50. The number of aromatic hydroxyl groups is 2. The predicted octanol–water partition coefficient (Wildman–Crippen LogP) is 1.89. The molecule has 0 aliphatic carbocycles. The van der Waals surface area contributed by atoms with Crippen molar-refractivity contribution in [1.29, 1.82) is 0 Å². The average molecular weight is 334 g/mol. The zero-order valence-corrected chi connectivity index (χ0v) is 13.3. The third kappa shape index (κ3) is 3.94. The minimum atomic E-state index is -0.748. The molecule has 0 radical (unpaired) electrons. The van der Waals surface area contributed by atoms with Gasteiger partial charge in [0.25, 0.3) is 0 Å². The fourth-order valence-corrected chi connectivity index (χ4v) is 2.32. The Balaban J connectivity index is 2.56. The second-order valence-corrected chi connectivity index (χ2v) is 5.15. The molecule has 1 aromatic carbocycles. The van der Waals surface area contributed by atoms with Gasteiger partial charge in [0, 0.05) is 13.2 Å². The van der Waals surface area contributed by atoms with Gasteiger partial charge in [-0.1, -0.05) is 12.1 Å². The largest absolute Gasteiger partial charge is 0.508 e. The Hall–Kier alpha value is -2.80. The van der Waals surface area contributed by atoms with Crippen LogP contribution in [-0.2, 0) is 20.9 Å². The first-order valence-electron chi connectivity index (χ1n) is 7.16. The predicted molar refractivity (Wildman–Crippen MR) is 83.9 cm³/mol. The van der Waals surface area contributed by atoms with Crippen LogP contribution in [-0.4, -0.2) is 30.4 Å². The summed E-state index contributed by atoms with van der Waals surface area (Å²) in [5, 5.41) is 19.5. The molecule has 1 atom stereocenters. The third-order valence-electron chi connectivity index (χ3n) is 3.50. The molecule has 24 heavy (non-hydrogen) atoms. The number of carbonyl (C=O) groups excluding carboxylic acids is 1. The van der Waals surface area contributed by atoms with Crippen LogP contribution < -0.4 is 5.43 Å². The maximum atomic E-state index is 12.0. The zero-order chi connectivity index (χ0) is 17.7. The normalized spacial score (nSPS) is 11.9. The van der Waals surface area contributed by atoms with E-state index >= 15 is 0 Å². The topological polar surface area (TPSA) is 106 Å². The Morgan fingerprint density at radius 2 is 1.88 bits per heavy atom. The molecular weight excluding hydrogens is 316 g/mol. The van der Waals surface area contributed by atoms with E-state index in [2.05, 4.69) is 4.74 Å². The molecule has 2 rings (SSSR count). The van der Waals surface area contributed by atoms with Gasteiger partial charge in [0.05, 0.1) is 19.4 Å². The van der Waals surface area contributed by atoms with Crippen LogP contribution in [0.5, 0.6) is 11.5 Å². The zero-order valence-electron chi connectivity index (χ0n) is 13.3. The quantitative estimate of drug-likeness (QED) is 0.777. The van der Waals surface area contributed by atoms with Crippen LogP contribution in [0.2, 0.25) is 0 Å². The van der Waals surface area contributed by atoms with Crippen LogP contribution in [0.4, 0.5) is 0 Å². The van der Waals surface area contributed by atoms with E-state index in [1.165, 1.54) is 26.4 Å². The monoisotopic (exact) mass is 334 g/mol. The molecule has 2 N–H and O–H groups in total. The van der Waals surface area contributed by atoms with E-state index in [4.69, 9.17) is 9.15 Å². The van der Waals surface area contributed by atoms with Crippen LogP contribution >= 0.6 is 0 Å². The van der Waals surface area contributed by atoms with Gasteiger partial charge in [-0.2, -0.15) is 0 Å². The Kier molecular flexibility index (Phi) is 5.59. The number of rotatable bonds is 6. The summed E-state index contributed by atoms with van der Waals surface area (Å²) in [6.07, 6.45) is -0.145. The molecule has 128 valence electrons. The van der Waals surface area contributed by atoms with E-state index in [0.29, 0.717) is 5.56 Å². The Morgan fingerprint density at radius 3 is 2.46 bits per heavy atom. The van der Waals surface area contributed by atoms with Crippen molar-refractivity contribution in [2.75, 3.05) is 14.2 Å². The van der Waals surface area contributed by atoms with Gasteiger partial charge in [0.2, 0.25) is 11.2 Å². The molecule has 0 saturated heterocycles. The molecule has 0 aliphatic heterocycles. The van der Waals surface area contributed by atoms with Crippen LogP contribution in [0.25, 0.3) is 0 Å².